The smallest absolute Gasteiger partial charge is 0.262 e. The average Bonchev–Trinajstić information content (AvgIpc) is 2.68. The summed E-state index contributed by atoms with van der Waals surface area (Å²) < 4.78 is 33.3. The standard InChI is InChI=1S/C18H24ClN5O3S/c1-23(2)17-15(12-20-18(21-17)24-9-5-4-6-10-24)22-28(25,26)13-7-8-16(27-3)14(19)11-13/h7-8,11-12,22H,4-6,9-10H2,1-3H3. The third-order valence-electron chi connectivity index (χ3n) is 4.50. The van der Waals surface area contributed by atoms with E-state index in [1.165, 1.54) is 37.9 Å². The lowest BCUT2D eigenvalue weighted by atomic mass is 10.1. The number of piperidine rings is 1. The van der Waals surface area contributed by atoms with Crippen LogP contribution in [0, 0.1) is 0 Å². The van der Waals surface area contributed by atoms with Gasteiger partial charge in [0.15, 0.2) is 5.82 Å². The van der Waals surface area contributed by atoms with Gasteiger partial charge in [-0.15, -0.1) is 0 Å². The highest BCUT2D eigenvalue weighted by atomic mass is 35.5. The van der Waals surface area contributed by atoms with Crippen LogP contribution in [0.2, 0.25) is 5.02 Å². The van der Waals surface area contributed by atoms with Gasteiger partial charge in [0, 0.05) is 27.2 Å². The second kappa shape index (κ2) is 8.40. The van der Waals surface area contributed by atoms with E-state index in [-0.39, 0.29) is 9.92 Å². The molecule has 1 N–H and O–H groups in total. The topological polar surface area (TPSA) is 87.7 Å². The molecular weight excluding hydrogens is 402 g/mol. The van der Waals surface area contributed by atoms with Crippen molar-refractivity contribution >= 4 is 39.1 Å². The minimum absolute atomic E-state index is 0.0307. The second-order valence-electron chi connectivity index (χ2n) is 6.75. The van der Waals surface area contributed by atoms with E-state index in [1.807, 2.05) is 14.1 Å². The highest BCUT2D eigenvalue weighted by Gasteiger charge is 2.21. The van der Waals surface area contributed by atoms with Crippen molar-refractivity contribution in [2.75, 3.05) is 48.8 Å². The molecule has 1 aliphatic rings. The van der Waals surface area contributed by atoms with Crippen LogP contribution in [0.5, 0.6) is 5.75 Å². The second-order valence-corrected chi connectivity index (χ2v) is 8.84. The van der Waals surface area contributed by atoms with Gasteiger partial charge in [0.1, 0.15) is 11.4 Å². The first kappa shape index (κ1) is 20.5. The largest absolute Gasteiger partial charge is 0.495 e. The molecule has 0 saturated carbocycles. The number of hydrogen-bond donors (Lipinski definition) is 1. The first-order valence-corrected chi connectivity index (χ1v) is 10.8. The first-order valence-electron chi connectivity index (χ1n) is 8.97. The van der Waals surface area contributed by atoms with Gasteiger partial charge in [-0.1, -0.05) is 11.6 Å². The molecule has 2 heterocycles. The Morgan fingerprint density at radius 1 is 1.21 bits per heavy atom. The fourth-order valence-electron chi connectivity index (χ4n) is 3.04. The molecule has 0 radical (unpaired) electrons. The lowest BCUT2D eigenvalue weighted by Crippen LogP contribution is -2.31. The van der Waals surface area contributed by atoms with E-state index in [2.05, 4.69) is 19.6 Å². The number of ether oxygens (including phenoxy) is 1. The molecule has 3 rings (SSSR count). The maximum Gasteiger partial charge on any atom is 0.262 e. The zero-order valence-electron chi connectivity index (χ0n) is 16.1. The Bertz CT molecular complexity index is 946. The van der Waals surface area contributed by atoms with Gasteiger partial charge >= 0.3 is 0 Å². The fraction of sp³-hybridized carbons (Fsp3) is 0.444. The van der Waals surface area contributed by atoms with Crippen molar-refractivity contribution < 1.29 is 13.2 Å². The van der Waals surface area contributed by atoms with Crippen LogP contribution in [0.3, 0.4) is 0 Å². The Balaban J connectivity index is 1.91. The molecule has 8 nitrogen and oxygen atoms in total. The molecule has 0 spiro atoms. The van der Waals surface area contributed by atoms with Crippen molar-refractivity contribution in [2.24, 2.45) is 0 Å². The van der Waals surface area contributed by atoms with E-state index in [9.17, 15) is 8.42 Å². The fourth-order valence-corrected chi connectivity index (χ4v) is 4.43. The predicted octanol–water partition coefficient (Wildman–Crippen LogP) is 3.00. The number of hydrogen-bond acceptors (Lipinski definition) is 7. The molecule has 0 unspecified atom stereocenters. The summed E-state index contributed by atoms with van der Waals surface area (Å²) in [5, 5.41) is 0.218. The molecule has 0 amide bonds. The van der Waals surface area contributed by atoms with Crippen LogP contribution >= 0.6 is 11.6 Å². The molecule has 0 atom stereocenters. The molecule has 1 aliphatic heterocycles. The summed E-state index contributed by atoms with van der Waals surface area (Å²) >= 11 is 6.07. The van der Waals surface area contributed by atoms with Crippen molar-refractivity contribution in [3.05, 3.63) is 29.4 Å². The third-order valence-corrected chi connectivity index (χ3v) is 6.15. The average molecular weight is 426 g/mol. The van der Waals surface area contributed by atoms with E-state index >= 15 is 0 Å². The quantitative estimate of drug-likeness (QED) is 0.761. The van der Waals surface area contributed by atoms with E-state index in [0.717, 1.165) is 25.9 Å². The third kappa shape index (κ3) is 4.41. The first-order chi connectivity index (χ1) is 13.3. The van der Waals surface area contributed by atoms with Gasteiger partial charge in [0.05, 0.1) is 23.2 Å². The Kier molecular flexibility index (Phi) is 6.14. The van der Waals surface area contributed by atoms with Crippen molar-refractivity contribution in [1.82, 2.24) is 9.97 Å². The number of aromatic nitrogens is 2. The molecular formula is C18H24ClN5O3S. The molecule has 2 aromatic rings. The maximum absolute atomic E-state index is 12.8. The number of nitrogens with one attached hydrogen (secondary N) is 1. The zero-order valence-corrected chi connectivity index (χ0v) is 17.7. The molecule has 0 bridgehead atoms. The van der Waals surface area contributed by atoms with E-state index in [0.29, 0.717) is 23.2 Å². The van der Waals surface area contributed by atoms with Gasteiger partial charge in [-0.3, -0.25) is 4.72 Å². The minimum atomic E-state index is -3.86. The Labute approximate surface area is 170 Å². The van der Waals surface area contributed by atoms with Crippen LogP contribution in [0.4, 0.5) is 17.5 Å². The van der Waals surface area contributed by atoms with Crippen LogP contribution in [-0.4, -0.2) is 52.7 Å². The lowest BCUT2D eigenvalue weighted by Gasteiger charge is -2.28. The zero-order chi connectivity index (χ0) is 20.3. The van der Waals surface area contributed by atoms with Gasteiger partial charge in [-0.2, -0.15) is 4.98 Å². The Hall–Kier alpha value is -2.26. The SMILES string of the molecule is COc1ccc(S(=O)(=O)Nc2cnc(N3CCCCC3)nc2N(C)C)cc1Cl. The molecule has 10 heteroatoms. The van der Waals surface area contributed by atoms with Crippen molar-refractivity contribution in [3.63, 3.8) is 0 Å². The van der Waals surface area contributed by atoms with Crippen LogP contribution in [0.1, 0.15) is 19.3 Å². The van der Waals surface area contributed by atoms with Crippen LogP contribution in [-0.2, 0) is 10.0 Å². The number of benzene rings is 1. The van der Waals surface area contributed by atoms with Crippen molar-refractivity contribution in [1.29, 1.82) is 0 Å². The monoisotopic (exact) mass is 425 g/mol. The summed E-state index contributed by atoms with van der Waals surface area (Å²) in [5.41, 5.74) is 0.303. The number of anilines is 3. The number of rotatable bonds is 6. The normalized spacial score (nSPS) is 14.6. The van der Waals surface area contributed by atoms with E-state index < -0.39 is 10.0 Å². The number of methoxy groups -OCH3 is 1. The highest BCUT2D eigenvalue weighted by molar-refractivity contribution is 7.92. The molecule has 1 saturated heterocycles. The van der Waals surface area contributed by atoms with Gasteiger partial charge in [0.2, 0.25) is 5.95 Å². The van der Waals surface area contributed by atoms with Crippen LogP contribution < -0.4 is 19.3 Å². The van der Waals surface area contributed by atoms with E-state index in [1.54, 1.807) is 4.90 Å². The van der Waals surface area contributed by atoms with Crippen molar-refractivity contribution in [3.8, 4) is 5.75 Å². The van der Waals surface area contributed by atoms with E-state index in [4.69, 9.17) is 16.3 Å². The summed E-state index contributed by atoms with van der Waals surface area (Å²) in [5.74, 6) is 1.52. The Morgan fingerprint density at radius 3 is 2.54 bits per heavy atom. The van der Waals surface area contributed by atoms with Gasteiger partial charge in [0.25, 0.3) is 10.0 Å². The summed E-state index contributed by atoms with van der Waals surface area (Å²) in [7, 11) is 1.23. The summed E-state index contributed by atoms with van der Waals surface area (Å²) in [6, 6.07) is 4.30. The van der Waals surface area contributed by atoms with Crippen LogP contribution in [0.15, 0.2) is 29.3 Å². The maximum atomic E-state index is 12.8. The van der Waals surface area contributed by atoms with Gasteiger partial charge in [-0.05, 0) is 37.5 Å². The molecule has 28 heavy (non-hydrogen) atoms. The minimum Gasteiger partial charge on any atom is -0.495 e. The van der Waals surface area contributed by atoms with Gasteiger partial charge in [-0.25, -0.2) is 13.4 Å². The molecule has 1 aromatic carbocycles. The van der Waals surface area contributed by atoms with Gasteiger partial charge < -0.3 is 14.5 Å². The van der Waals surface area contributed by atoms with Crippen molar-refractivity contribution in [2.45, 2.75) is 24.2 Å². The summed E-state index contributed by atoms with van der Waals surface area (Å²) in [6.07, 6.45) is 4.93. The predicted molar refractivity (Wildman–Crippen MR) is 111 cm³/mol. The number of sulfonamides is 1. The molecule has 1 aromatic heterocycles. The molecule has 0 aliphatic carbocycles. The molecule has 152 valence electrons. The molecule has 1 fully saturated rings. The number of nitrogens with zero attached hydrogens (tertiary/aromatic N) is 4. The number of halogens is 1. The summed E-state index contributed by atoms with van der Waals surface area (Å²) in [6.45, 7) is 1.81. The van der Waals surface area contributed by atoms with Crippen LogP contribution in [0.25, 0.3) is 0 Å². The highest BCUT2D eigenvalue weighted by Crippen LogP contribution is 2.30. The Morgan fingerprint density at radius 2 is 1.93 bits per heavy atom. The lowest BCUT2D eigenvalue weighted by molar-refractivity contribution is 0.414. The summed E-state index contributed by atoms with van der Waals surface area (Å²) in [4.78, 5) is 12.9.